The molecule has 1 aromatic heterocycles. The van der Waals surface area contributed by atoms with E-state index in [9.17, 15) is 9.18 Å². The van der Waals surface area contributed by atoms with Gasteiger partial charge in [-0.1, -0.05) is 29.3 Å². The lowest BCUT2D eigenvalue weighted by atomic mass is 10.2. The first-order valence-electron chi connectivity index (χ1n) is 6.81. The lowest BCUT2D eigenvalue weighted by Crippen LogP contribution is -2.25. The zero-order valence-electron chi connectivity index (χ0n) is 12.1. The Morgan fingerprint density at radius 1 is 1.21 bits per heavy atom. The first-order chi connectivity index (χ1) is 11.5. The number of halogens is 3. The van der Waals surface area contributed by atoms with Gasteiger partial charge in [-0.3, -0.25) is 4.79 Å². The van der Waals surface area contributed by atoms with Crippen LogP contribution in [0.25, 0.3) is 5.69 Å². The molecule has 1 N–H and O–H groups in total. The number of carbonyl (C=O) groups excluding carboxylic acids is 1. The fraction of sp³-hybridized carbons (Fsp3) is 0.0667. The average molecular weight is 366 g/mol. The third-order valence-corrected chi connectivity index (χ3v) is 3.72. The number of rotatable bonds is 4. The number of carbonyl (C=O) groups is 1. The van der Waals surface area contributed by atoms with Crippen molar-refractivity contribution in [3.63, 3.8) is 0 Å². The molecular formula is C15H10Cl2FN5O. The number of nitrogens with zero attached hydrogens (tertiary/aromatic N) is 4. The van der Waals surface area contributed by atoms with Crippen molar-refractivity contribution in [3.8, 4) is 5.69 Å². The summed E-state index contributed by atoms with van der Waals surface area (Å²) in [6.07, 6.45) is 0. The highest BCUT2D eigenvalue weighted by atomic mass is 35.5. The number of hydrogen-bond acceptors (Lipinski definition) is 4. The van der Waals surface area contributed by atoms with E-state index in [-0.39, 0.29) is 17.1 Å². The molecule has 3 aromatic rings. The molecular weight excluding hydrogens is 356 g/mol. The zero-order chi connectivity index (χ0) is 17.1. The molecule has 0 aliphatic heterocycles. The maximum Gasteiger partial charge on any atom is 0.253 e. The van der Waals surface area contributed by atoms with Crippen molar-refractivity contribution in [3.05, 3.63) is 69.7 Å². The summed E-state index contributed by atoms with van der Waals surface area (Å²) < 4.78 is 14.7. The van der Waals surface area contributed by atoms with Crippen LogP contribution >= 0.6 is 23.2 Å². The Bertz CT molecular complexity index is 899. The van der Waals surface area contributed by atoms with Crippen LogP contribution in [-0.4, -0.2) is 26.1 Å². The minimum Gasteiger partial charge on any atom is -0.345 e. The van der Waals surface area contributed by atoms with Gasteiger partial charge in [0.05, 0.1) is 22.8 Å². The molecule has 3 rings (SSSR count). The van der Waals surface area contributed by atoms with Gasteiger partial charge in [0.1, 0.15) is 5.82 Å². The van der Waals surface area contributed by atoms with Gasteiger partial charge in [-0.25, -0.2) is 4.39 Å². The second-order valence-electron chi connectivity index (χ2n) is 4.79. The summed E-state index contributed by atoms with van der Waals surface area (Å²) in [4.78, 5) is 12.2. The van der Waals surface area contributed by atoms with Crippen molar-refractivity contribution < 1.29 is 9.18 Å². The van der Waals surface area contributed by atoms with E-state index in [2.05, 4.69) is 20.8 Å². The number of hydrogen-bond donors (Lipinski definition) is 1. The van der Waals surface area contributed by atoms with Gasteiger partial charge in [-0.15, -0.1) is 5.10 Å². The van der Waals surface area contributed by atoms with E-state index in [1.807, 2.05) is 0 Å². The molecule has 6 nitrogen and oxygen atoms in total. The number of aromatic nitrogens is 4. The van der Waals surface area contributed by atoms with Crippen LogP contribution in [0.5, 0.6) is 0 Å². The molecule has 0 spiro atoms. The Hall–Kier alpha value is -2.51. The average Bonchev–Trinajstić information content (AvgIpc) is 3.01. The van der Waals surface area contributed by atoms with Crippen LogP contribution in [-0.2, 0) is 6.54 Å². The predicted molar refractivity (Wildman–Crippen MR) is 86.7 cm³/mol. The van der Waals surface area contributed by atoms with Crippen molar-refractivity contribution in [2.45, 2.75) is 6.54 Å². The largest absolute Gasteiger partial charge is 0.345 e. The molecule has 0 radical (unpaired) electrons. The van der Waals surface area contributed by atoms with E-state index in [1.54, 1.807) is 18.2 Å². The Balaban J connectivity index is 1.76. The van der Waals surface area contributed by atoms with Gasteiger partial charge in [0.2, 0.25) is 0 Å². The zero-order valence-corrected chi connectivity index (χ0v) is 13.6. The van der Waals surface area contributed by atoms with E-state index >= 15 is 0 Å². The maximum absolute atomic E-state index is 13.3. The van der Waals surface area contributed by atoms with Crippen molar-refractivity contribution >= 4 is 29.1 Å². The Morgan fingerprint density at radius 3 is 2.79 bits per heavy atom. The van der Waals surface area contributed by atoms with Gasteiger partial charge in [-0.2, -0.15) is 4.68 Å². The quantitative estimate of drug-likeness (QED) is 0.771. The molecule has 0 saturated heterocycles. The molecule has 1 amide bonds. The summed E-state index contributed by atoms with van der Waals surface area (Å²) in [6.45, 7) is 0.0430. The lowest BCUT2D eigenvalue weighted by molar-refractivity contribution is 0.0950. The molecule has 122 valence electrons. The molecule has 2 aromatic carbocycles. The highest BCUT2D eigenvalue weighted by Crippen LogP contribution is 2.21. The summed E-state index contributed by atoms with van der Waals surface area (Å²) in [6, 6.07) is 10.4. The van der Waals surface area contributed by atoms with Crippen LogP contribution in [0, 0.1) is 5.82 Å². The van der Waals surface area contributed by atoms with Crippen LogP contribution in [0.4, 0.5) is 4.39 Å². The summed E-state index contributed by atoms with van der Waals surface area (Å²) in [5, 5.41) is 14.5. The SMILES string of the molecule is O=C(NCc1nnnn1-c1cccc(F)c1)c1ccc(Cl)cc1Cl. The first kappa shape index (κ1) is 16.4. The Labute approximate surface area is 146 Å². The molecule has 0 fully saturated rings. The first-order valence-corrected chi connectivity index (χ1v) is 7.56. The van der Waals surface area contributed by atoms with Crippen molar-refractivity contribution in [2.24, 2.45) is 0 Å². The minimum absolute atomic E-state index is 0.0430. The molecule has 1 heterocycles. The lowest BCUT2D eigenvalue weighted by Gasteiger charge is -2.08. The maximum atomic E-state index is 13.3. The van der Waals surface area contributed by atoms with Gasteiger partial charge in [-0.05, 0) is 46.8 Å². The molecule has 0 aliphatic rings. The second-order valence-corrected chi connectivity index (χ2v) is 5.64. The van der Waals surface area contributed by atoms with Crippen molar-refractivity contribution in [2.75, 3.05) is 0 Å². The van der Waals surface area contributed by atoms with E-state index < -0.39 is 11.7 Å². The molecule has 0 unspecified atom stereocenters. The number of amides is 1. The fourth-order valence-corrected chi connectivity index (χ4v) is 2.55. The molecule has 0 atom stereocenters. The van der Waals surface area contributed by atoms with E-state index in [4.69, 9.17) is 23.2 Å². The number of benzene rings is 2. The molecule has 0 bridgehead atoms. The molecule has 24 heavy (non-hydrogen) atoms. The smallest absolute Gasteiger partial charge is 0.253 e. The molecule has 0 aliphatic carbocycles. The molecule has 9 heteroatoms. The summed E-state index contributed by atoms with van der Waals surface area (Å²) in [7, 11) is 0. The number of nitrogens with one attached hydrogen (secondary N) is 1. The van der Waals surface area contributed by atoms with Gasteiger partial charge in [0.15, 0.2) is 5.82 Å². The van der Waals surface area contributed by atoms with Gasteiger partial charge in [0, 0.05) is 5.02 Å². The Morgan fingerprint density at radius 2 is 2.04 bits per heavy atom. The van der Waals surface area contributed by atoms with Crippen LogP contribution < -0.4 is 5.32 Å². The van der Waals surface area contributed by atoms with Crippen LogP contribution in [0.2, 0.25) is 10.0 Å². The summed E-state index contributed by atoms with van der Waals surface area (Å²) in [5.41, 5.74) is 0.736. The monoisotopic (exact) mass is 365 g/mol. The van der Waals surface area contributed by atoms with Crippen LogP contribution in [0.1, 0.15) is 16.2 Å². The van der Waals surface area contributed by atoms with Gasteiger partial charge >= 0.3 is 0 Å². The standard InChI is InChI=1S/C15H10Cl2FN5O/c16-9-4-5-12(13(17)6-9)15(24)19-8-14-20-21-22-23(14)11-3-1-2-10(18)7-11/h1-7H,8H2,(H,19,24). The fourth-order valence-electron chi connectivity index (χ4n) is 2.05. The highest BCUT2D eigenvalue weighted by molar-refractivity contribution is 6.36. The normalized spacial score (nSPS) is 10.6. The highest BCUT2D eigenvalue weighted by Gasteiger charge is 2.14. The van der Waals surface area contributed by atoms with E-state index in [0.717, 1.165) is 0 Å². The van der Waals surface area contributed by atoms with E-state index in [1.165, 1.54) is 28.9 Å². The third-order valence-electron chi connectivity index (χ3n) is 3.17. The molecule has 0 saturated carbocycles. The van der Waals surface area contributed by atoms with Gasteiger partial charge in [0.25, 0.3) is 5.91 Å². The third kappa shape index (κ3) is 3.52. The predicted octanol–water partition coefficient (Wildman–Crippen LogP) is 3.04. The minimum atomic E-state index is -0.411. The Kier molecular flexibility index (Phi) is 4.73. The summed E-state index contributed by atoms with van der Waals surface area (Å²) >= 11 is 11.8. The van der Waals surface area contributed by atoms with Crippen molar-refractivity contribution in [1.29, 1.82) is 0 Å². The van der Waals surface area contributed by atoms with E-state index in [0.29, 0.717) is 16.5 Å². The summed E-state index contributed by atoms with van der Waals surface area (Å²) in [5.74, 6) is -0.463. The topological polar surface area (TPSA) is 72.7 Å². The number of tetrazole rings is 1. The second kappa shape index (κ2) is 6.94. The van der Waals surface area contributed by atoms with Gasteiger partial charge < -0.3 is 5.32 Å². The van der Waals surface area contributed by atoms with Crippen LogP contribution in [0.3, 0.4) is 0 Å². The van der Waals surface area contributed by atoms with Crippen LogP contribution in [0.15, 0.2) is 42.5 Å². The van der Waals surface area contributed by atoms with Crippen molar-refractivity contribution in [1.82, 2.24) is 25.5 Å².